The maximum atomic E-state index is 12.2. The molecule has 1 aliphatic heterocycles. The van der Waals surface area contributed by atoms with Crippen LogP contribution in [0.3, 0.4) is 0 Å². The molecule has 0 bridgehead atoms. The van der Waals surface area contributed by atoms with E-state index in [9.17, 15) is 19.5 Å². The molecule has 8 N–H and O–H groups in total. The summed E-state index contributed by atoms with van der Waals surface area (Å²) >= 11 is 0. The first-order valence-corrected chi connectivity index (χ1v) is 28.5. The summed E-state index contributed by atoms with van der Waals surface area (Å²) in [6.45, 7) is 10.7. The molecule has 1 fully saturated rings. The number of carbonyl (C=O) groups is 3. The van der Waals surface area contributed by atoms with Crippen LogP contribution in [0.5, 0.6) is 23.0 Å². The van der Waals surface area contributed by atoms with Crippen molar-refractivity contribution >= 4 is 86.1 Å². The van der Waals surface area contributed by atoms with Crippen LogP contribution in [0.2, 0.25) is 0 Å². The van der Waals surface area contributed by atoms with Crippen molar-refractivity contribution in [2.45, 2.75) is 117 Å². The first-order valence-electron chi connectivity index (χ1n) is 28.5. The van der Waals surface area contributed by atoms with Crippen LogP contribution in [0, 0.1) is 0 Å². The fourth-order valence-corrected chi connectivity index (χ4v) is 8.80. The van der Waals surface area contributed by atoms with Crippen LogP contribution in [-0.2, 0) is 36.9 Å². The van der Waals surface area contributed by atoms with E-state index in [1.54, 1.807) is 71.3 Å². The molecule has 6 aromatic heterocycles. The molecular weight excluding hydrogens is 1100 g/mol. The smallest absolute Gasteiger partial charge is 0.328 e. The van der Waals surface area contributed by atoms with E-state index in [0.29, 0.717) is 118 Å². The zero-order chi connectivity index (χ0) is 61.8. The Morgan fingerprint density at radius 1 is 0.558 bits per heavy atom. The molecule has 0 saturated carbocycles. The number of Topliss-reactive ketones (excluding diaryl/α,β-unsaturated/α-hetero) is 1. The molecule has 9 rings (SSSR count). The van der Waals surface area contributed by atoms with E-state index >= 15 is 0 Å². The van der Waals surface area contributed by atoms with Crippen molar-refractivity contribution in [1.29, 1.82) is 0 Å². The number of nitrogens with two attached hydrogens (primary N) is 1. The number of carboxylic acids is 1. The number of ketones is 1. The van der Waals surface area contributed by atoms with Crippen LogP contribution in [-0.4, -0.2) is 135 Å². The molecule has 1 saturated heterocycles. The van der Waals surface area contributed by atoms with E-state index in [1.807, 2.05) is 76.2 Å². The van der Waals surface area contributed by atoms with Gasteiger partial charge < -0.3 is 65.8 Å². The number of nitrogen functional groups attached to an aromatic ring is 1. The summed E-state index contributed by atoms with van der Waals surface area (Å²) in [5.74, 6) is 3.98. The highest BCUT2D eigenvalue weighted by Crippen LogP contribution is 2.29. The summed E-state index contributed by atoms with van der Waals surface area (Å²) in [5.41, 5.74) is 11.2. The van der Waals surface area contributed by atoms with Crippen LogP contribution in [0.4, 0.5) is 35.3 Å². The van der Waals surface area contributed by atoms with Gasteiger partial charge in [-0.1, -0.05) is 47.0 Å². The second-order valence-corrected chi connectivity index (χ2v) is 19.4. The van der Waals surface area contributed by atoms with E-state index < -0.39 is 18.1 Å². The number of benzene rings is 2. The Morgan fingerprint density at radius 3 is 1.40 bits per heavy atom. The van der Waals surface area contributed by atoms with Gasteiger partial charge in [0.25, 0.3) is 0 Å². The third kappa shape index (κ3) is 19.0. The van der Waals surface area contributed by atoms with Crippen molar-refractivity contribution in [1.82, 2.24) is 44.9 Å². The number of aromatic nitrogens is 9. The fourth-order valence-electron chi connectivity index (χ4n) is 8.80. The van der Waals surface area contributed by atoms with Gasteiger partial charge in [-0.3, -0.25) is 19.7 Å². The maximum absolute atomic E-state index is 12.2. The van der Waals surface area contributed by atoms with Gasteiger partial charge in [0.2, 0.25) is 17.8 Å². The topological polar surface area (TPSA) is 329 Å². The van der Waals surface area contributed by atoms with Crippen molar-refractivity contribution < 1.29 is 47.9 Å². The minimum atomic E-state index is -0.933. The zero-order valence-electron chi connectivity index (χ0n) is 50.3. The Kier molecular flexibility index (Phi) is 26.2. The average Bonchev–Trinajstić information content (AvgIpc) is 3.92. The predicted molar refractivity (Wildman–Crippen MR) is 332 cm³/mol. The number of hydrogen-bond donors (Lipinski definition) is 7. The molecule has 0 aliphatic carbocycles. The van der Waals surface area contributed by atoms with Crippen molar-refractivity contribution in [2.24, 2.45) is 0 Å². The lowest BCUT2D eigenvalue weighted by molar-refractivity contribution is -0.141. The second kappa shape index (κ2) is 34.3. The molecule has 86 heavy (non-hydrogen) atoms. The average molecular weight is 1180 g/mol. The molecule has 8 aromatic rings. The third-order valence-corrected chi connectivity index (χ3v) is 13.3. The monoisotopic (exact) mass is 1180 g/mol. The molecule has 3 atom stereocenters. The van der Waals surface area contributed by atoms with E-state index in [-0.39, 0.29) is 23.7 Å². The van der Waals surface area contributed by atoms with Crippen molar-refractivity contribution in [3.63, 3.8) is 0 Å². The van der Waals surface area contributed by atoms with Crippen molar-refractivity contribution in [3.8, 4) is 23.0 Å². The summed E-state index contributed by atoms with van der Waals surface area (Å²) in [6, 6.07) is 20.5. The van der Waals surface area contributed by atoms with Crippen LogP contribution >= 0.6 is 0 Å². The molecule has 7 heterocycles. The molecule has 458 valence electrons. The van der Waals surface area contributed by atoms with Crippen molar-refractivity contribution in [3.05, 3.63) is 103 Å². The number of hydrogen-bond acceptors (Lipinski definition) is 24. The fraction of sp³-hybridized carbons (Fsp3) is 0.410. The number of anilines is 6. The van der Waals surface area contributed by atoms with Gasteiger partial charge in [-0.05, 0) is 92.8 Å². The van der Waals surface area contributed by atoms with E-state index in [0.717, 1.165) is 50.0 Å². The van der Waals surface area contributed by atoms with Crippen LogP contribution in [0.15, 0.2) is 91.4 Å². The van der Waals surface area contributed by atoms with Crippen LogP contribution in [0.1, 0.15) is 96.6 Å². The minimum Gasteiger partial charge on any atom is -0.497 e. The molecule has 25 heteroatoms. The number of esters is 1. The standard InChI is InChI=1S/C22H27N5O4.C21H25N5O4.C14H19N5O.C4H8O/c1-5-7-17(21(28)31-4)25-20-19-16(8-6-11-23-19)26-22(27-20)24-13-14-9-10-15(29-2)12-18(14)30-3;1-4-6-16(20(27)28)24-19-18-15(7-5-10-22-18)25-21(26-19)23-12-13-8-9-14(29-2)11-17(13)30-3;1-3-6-9(11(20)4-2)17-13-12-10(7-5-8-16-12)18-14(15)19-13;1-2-4-5-3-1/h6,8-12,17H,5,7,13H2,1-4H3,(H2,24,25,26,27);5,7-11,16H,4,6,12H2,1-3H3,(H,27,28)(H2,23,24,25,26);5,7-9H,3-4,6H2,1-2H3,(H3,15,17,18,19);1-4H2/t17-;16-;9-;/m000./s1. The van der Waals surface area contributed by atoms with E-state index in [4.69, 9.17) is 34.2 Å². The molecule has 0 amide bonds. The second-order valence-electron chi connectivity index (χ2n) is 19.4. The number of ether oxygens (including phenoxy) is 6. The zero-order valence-corrected chi connectivity index (χ0v) is 50.3. The molecule has 2 aromatic carbocycles. The Bertz CT molecular complexity index is 3460. The minimum absolute atomic E-state index is 0.160. The number of carboxylic acid groups (broad SMARTS) is 1. The highest BCUT2D eigenvalue weighted by atomic mass is 16.5. The maximum Gasteiger partial charge on any atom is 0.328 e. The number of nitrogens with one attached hydrogen (secondary N) is 5. The van der Waals surface area contributed by atoms with Gasteiger partial charge in [0.05, 0.1) is 58.1 Å². The summed E-state index contributed by atoms with van der Waals surface area (Å²) in [4.78, 5) is 75.1. The summed E-state index contributed by atoms with van der Waals surface area (Å²) < 4.78 is 31.2. The van der Waals surface area contributed by atoms with Gasteiger partial charge in [0, 0.05) is 74.6 Å². The van der Waals surface area contributed by atoms with Crippen molar-refractivity contribution in [2.75, 3.05) is 81.1 Å². The van der Waals surface area contributed by atoms with E-state index in [1.165, 1.54) is 20.0 Å². The van der Waals surface area contributed by atoms with Gasteiger partial charge in [-0.15, -0.1) is 0 Å². The Labute approximate surface area is 500 Å². The molecular formula is C61H79N15O10. The van der Waals surface area contributed by atoms with Gasteiger partial charge in [-0.2, -0.15) is 15.0 Å². The van der Waals surface area contributed by atoms with Gasteiger partial charge in [0.1, 0.15) is 51.6 Å². The number of nitrogens with zero attached hydrogens (tertiary/aromatic N) is 9. The number of pyridine rings is 3. The number of carbonyl (C=O) groups excluding carboxylic acids is 2. The number of aliphatic carboxylic acids is 1. The highest BCUT2D eigenvalue weighted by Gasteiger charge is 2.23. The Morgan fingerprint density at radius 2 is 0.988 bits per heavy atom. The van der Waals surface area contributed by atoms with Gasteiger partial charge in [-0.25, -0.2) is 24.5 Å². The third-order valence-electron chi connectivity index (χ3n) is 13.3. The lowest BCUT2D eigenvalue weighted by Crippen LogP contribution is -2.31. The van der Waals surface area contributed by atoms with Gasteiger partial charge >= 0.3 is 11.9 Å². The van der Waals surface area contributed by atoms with Crippen LogP contribution in [0.25, 0.3) is 33.1 Å². The first kappa shape index (κ1) is 65.6. The van der Waals surface area contributed by atoms with Crippen LogP contribution < -0.4 is 51.3 Å². The van der Waals surface area contributed by atoms with Gasteiger partial charge in [0.15, 0.2) is 23.2 Å². The lowest BCUT2D eigenvalue weighted by Gasteiger charge is -2.18. The molecule has 1 aliphatic rings. The normalized spacial score (nSPS) is 12.5. The summed E-state index contributed by atoms with van der Waals surface area (Å²) in [6.07, 6.45) is 12.3. The highest BCUT2D eigenvalue weighted by molar-refractivity contribution is 5.92. The number of fused-ring (bicyclic) bond motifs is 3. The quantitative estimate of drug-likeness (QED) is 0.0248. The summed E-state index contributed by atoms with van der Waals surface area (Å²) in [7, 11) is 7.79. The number of rotatable bonds is 26. The SMILES string of the molecule is C1CCOC1.CCC[C@H](Nc1nc(N)nc2cccnc12)C(=O)CC.CCC[C@H](Nc1nc(NCc2ccc(OC)cc2OC)nc2cccnc12)C(=O)O.CCC[C@H](Nc1nc(NCc2ccc(OC)cc2OC)nc2cccnc12)C(=O)OC. The lowest BCUT2D eigenvalue weighted by atomic mass is 10.1. The molecule has 25 nitrogen and oxygen atoms in total. The predicted octanol–water partition coefficient (Wildman–Crippen LogP) is 9.69. The molecule has 0 unspecified atom stereocenters. The molecule has 0 spiro atoms. The Hall–Kier alpha value is -9.52. The Balaban J connectivity index is 0.000000202. The van der Waals surface area contributed by atoms with E-state index in [2.05, 4.69) is 71.4 Å². The largest absolute Gasteiger partial charge is 0.497 e. The summed E-state index contributed by atoms with van der Waals surface area (Å²) in [5, 5.41) is 25.3. The first-order chi connectivity index (χ1) is 41.8. The molecule has 0 radical (unpaired) electrons. The number of methoxy groups -OCH3 is 5.